The van der Waals surface area contributed by atoms with Gasteiger partial charge in [0.2, 0.25) is 11.8 Å². The van der Waals surface area contributed by atoms with Crippen LogP contribution < -0.4 is 14.8 Å². The number of likely N-dealkylation sites (tertiary alicyclic amines) is 1. The van der Waals surface area contributed by atoms with Gasteiger partial charge in [0.1, 0.15) is 12.0 Å². The van der Waals surface area contributed by atoms with E-state index >= 15 is 0 Å². The third kappa shape index (κ3) is 5.03. The summed E-state index contributed by atoms with van der Waals surface area (Å²) in [6.07, 6.45) is -2.81. The van der Waals surface area contributed by atoms with Crippen LogP contribution in [0.4, 0.5) is 17.6 Å². The monoisotopic (exact) mass is 441 g/mol. The third-order valence-corrected chi connectivity index (χ3v) is 5.39. The maximum atomic E-state index is 14.3. The number of aromatic nitrogens is 1. The van der Waals surface area contributed by atoms with Gasteiger partial charge in [-0.25, -0.2) is 4.39 Å². The highest BCUT2D eigenvalue weighted by atomic mass is 35.5. The van der Waals surface area contributed by atoms with E-state index in [1.165, 1.54) is 7.11 Å². The zero-order chi connectivity index (χ0) is 20.5. The Labute approximate surface area is 172 Å². The summed E-state index contributed by atoms with van der Waals surface area (Å²) in [6, 6.07) is 0.830. The molecule has 1 N–H and O–H groups in total. The molecule has 0 spiro atoms. The molecule has 11 heteroatoms. The molecule has 29 heavy (non-hydrogen) atoms. The normalized spacial score (nSPS) is 20.7. The molecule has 2 aliphatic rings. The lowest BCUT2D eigenvalue weighted by atomic mass is 10.1. The van der Waals surface area contributed by atoms with Crippen molar-refractivity contribution in [2.75, 3.05) is 27.3 Å². The molecule has 1 saturated carbocycles. The predicted molar refractivity (Wildman–Crippen MR) is 98.7 cm³/mol. The first-order valence-corrected chi connectivity index (χ1v) is 9.08. The van der Waals surface area contributed by atoms with Gasteiger partial charge in [0.15, 0.2) is 5.82 Å². The van der Waals surface area contributed by atoms with Crippen LogP contribution in [-0.2, 0) is 11.3 Å². The maximum absolute atomic E-state index is 14.3. The summed E-state index contributed by atoms with van der Waals surface area (Å²) >= 11 is 0. The molecule has 1 saturated heterocycles. The van der Waals surface area contributed by atoms with Crippen LogP contribution in [0.25, 0.3) is 0 Å². The molecule has 1 aliphatic heterocycles. The average molecular weight is 442 g/mol. The Morgan fingerprint density at radius 1 is 1.38 bits per heavy atom. The zero-order valence-electron chi connectivity index (χ0n) is 16.1. The van der Waals surface area contributed by atoms with Gasteiger partial charge in [-0.3, -0.25) is 9.69 Å². The second-order valence-corrected chi connectivity index (χ2v) is 7.37. The first kappa shape index (κ1) is 23.5. The van der Waals surface area contributed by atoms with E-state index < -0.39 is 29.9 Å². The van der Waals surface area contributed by atoms with Crippen LogP contribution in [-0.4, -0.2) is 55.3 Å². The van der Waals surface area contributed by atoms with Gasteiger partial charge in [0, 0.05) is 12.1 Å². The molecule has 1 amide bonds. The largest absolute Gasteiger partial charge is 0.481 e. The standard InChI is InChI=1S/C18H23F4N3O3.ClH/c1-25-7-3-4-13(25)14(26)23-9-11-8-12(19)16(24-15(11)27-2)28-10-17(5-6-17)18(20,21)22;/h8,13H,3-7,9-10H2,1-2H3,(H,23,26);1H. The number of methoxy groups -OCH3 is 1. The zero-order valence-corrected chi connectivity index (χ0v) is 17.0. The molecule has 2 heterocycles. The third-order valence-electron chi connectivity index (χ3n) is 5.39. The van der Waals surface area contributed by atoms with Gasteiger partial charge in [-0.05, 0) is 45.3 Å². The molecule has 0 bridgehead atoms. The van der Waals surface area contributed by atoms with Crippen molar-refractivity contribution in [2.45, 2.75) is 44.4 Å². The van der Waals surface area contributed by atoms with E-state index in [-0.39, 0.29) is 55.2 Å². The predicted octanol–water partition coefficient (Wildman–Crippen LogP) is 3.08. The Balaban J connectivity index is 0.00000300. The van der Waals surface area contributed by atoms with Crippen molar-refractivity contribution in [3.63, 3.8) is 0 Å². The Kier molecular flexibility index (Phi) is 7.21. The minimum atomic E-state index is -4.40. The van der Waals surface area contributed by atoms with Gasteiger partial charge in [0.25, 0.3) is 5.88 Å². The van der Waals surface area contributed by atoms with Crippen molar-refractivity contribution in [1.82, 2.24) is 15.2 Å². The number of likely N-dealkylation sites (N-methyl/N-ethyl adjacent to an activating group) is 1. The minimum Gasteiger partial charge on any atom is -0.481 e. The van der Waals surface area contributed by atoms with Crippen molar-refractivity contribution in [2.24, 2.45) is 5.41 Å². The lowest BCUT2D eigenvalue weighted by molar-refractivity contribution is -0.194. The summed E-state index contributed by atoms with van der Waals surface area (Å²) in [7, 11) is 3.16. The van der Waals surface area contributed by atoms with E-state index in [1.807, 2.05) is 11.9 Å². The second kappa shape index (κ2) is 8.91. The van der Waals surface area contributed by atoms with Crippen LogP contribution in [0.5, 0.6) is 11.8 Å². The molecule has 6 nitrogen and oxygen atoms in total. The van der Waals surface area contributed by atoms with E-state index in [1.54, 1.807) is 0 Å². The van der Waals surface area contributed by atoms with Crippen LogP contribution in [0.2, 0.25) is 0 Å². The molecular formula is C18H24ClF4N3O3. The molecule has 0 aromatic carbocycles. The van der Waals surface area contributed by atoms with E-state index in [4.69, 9.17) is 9.47 Å². The summed E-state index contributed by atoms with van der Waals surface area (Å²) in [6.45, 7) is 0.139. The lowest BCUT2D eigenvalue weighted by Crippen LogP contribution is -2.41. The SMILES string of the molecule is COc1nc(OCC2(C(F)(F)F)CC2)c(F)cc1CNC(=O)C1CCCN1C.Cl. The van der Waals surface area contributed by atoms with Crippen molar-refractivity contribution >= 4 is 18.3 Å². The molecule has 1 aromatic heterocycles. The van der Waals surface area contributed by atoms with E-state index in [0.717, 1.165) is 25.5 Å². The molecular weight excluding hydrogens is 418 g/mol. The molecule has 1 unspecified atom stereocenters. The average Bonchev–Trinajstić information content (AvgIpc) is 3.33. The number of rotatable bonds is 7. The lowest BCUT2D eigenvalue weighted by Gasteiger charge is -2.20. The highest BCUT2D eigenvalue weighted by Gasteiger charge is 2.64. The Morgan fingerprint density at radius 3 is 2.59 bits per heavy atom. The number of ether oxygens (including phenoxy) is 2. The van der Waals surface area contributed by atoms with E-state index in [0.29, 0.717) is 0 Å². The molecule has 3 rings (SSSR count). The number of nitrogens with zero attached hydrogens (tertiary/aromatic N) is 2. The van der Waals surface area contributed by atoms with Crippen LogP contribution in [0.3, 0.4) is 0 Å². The number of pyridine rings is 1. The quantitative estimate of drug-likeness (QED) is 0.659. The fraction of sp³-hybridized carbons (Fsp3) is 0.667. The number of alkyl halides is 3. The Morgan fingerprint density at radius 2 is 2.07 bits per heavy atom. The molecule has 1 aliphatic carbocycles. The van der Waals surface area contributed by atoms with Gasteiger partial charge < -0.3 is 14.8 Å². The topological polar surface area (TPSA) is 63.7 Å². The Bertz CT molecular complexity index is 744. The van der Waals surface area contributed by atoms with Crippen LogP contribution in [0.15, 0.2) is 6.07 Å². The number of carbonyl (C=O) groups excluding carboxylic acids is 1. The number of amides is 1. The molecule has 0 radical (unpaired) electrons. The van der Waals surface area contributed by atoms with E-state index in [2.05, 4.69) is 10.3 Å². The van der Waals surface area contributed by atoms with Gasteiger partial charge in [-0.1, -0.05) is 0 Å². The molecule has 1 atom stereocenters. The highest BCUT2D eigenvalue weighted by molar-refractivity contribution is 5.85. The van der Waals surface area contributed by atoms with Crippen LogP contribution in [0.1, 0.15) is 31.2 Å². The minimum absolute atomic E-state index is 0. The number of hydrogen-bond donors (Lipinski definition) is 1. The van der Waals surface area contributed by atoms with Crippen molar-refractivity contribution in [3.8, 4) is 11.8 Å². The van der Waals surface area contributed by atoms with Gasteiger partial charge in [-0.2, -0.15) is 18.2 Å². The first-order chi connectivity index (χ1) is 13.2. The van der Waals surface area contributed by atoms with Gasteiger partial charge >= 0.3 is 6.18 Å². The van der Waals surface area contributed by atoms with Crippen molar-refractivity contribution in [1.29, 1.82) is 0 Å². The van der Waals surface area contributed by atoms with E-state index in [9.17, 15) is 22.4 Å². The Hall–Kier alpha value is -1.81. The van der Waals surface area contributed by atoms with Gasteiger partial charge in [0.05, 0.1) is 13.2 Å². The summed E-state index contributed by atoms with van der Waals surface area (Å²) < 4.78 is 63.4. The second-order valence-electron chi connectivity index (χ2n) is 7.37. The smallest absolute Gasteiger partial charge is 0.397 e. The summed E-state index contributed by atoms with van der Waals surface area (Å²) in [5, 5.41) is 2.72. The first-order valence-electron chi connectivity index (χ1n) is 9.08. The van der Waals surface area contributed by atoms with Crippen molar-refractivity contribution in [3.05, 3.63) is 17.4 Å². The maximum Gasteiger partial charge on any atom is 0.397 e. The molecule has 164 valence electrons. The molecule has 2 fully saturated rings. The number of carbonyl (C=O) groups is 1. The fourth-order valence-electron chi connectivity index (χ4n) is 3.31. The highest BCUT2D eigenvalue weighted by Crippen LogP contribution is 2.57. The summed E-state index contributed by atoms with van der Waals surface area (Å²) in [4.78, 5) is 18.0. The van der Waals surface area contributed by atoms with Crippen LogP contribution >= 0.6 is 12.4 Å². The number of nitrogens with one attached hydrogen (secondary N) is 1. The van der Waals surface area contributed by atoms with Crippen molar-refractivity contribution < 1.29 is 31.8 Å². The number of halogens is 5. The van der Waals surface area contributed by atoms with Crippen LogP contribution in [0, 0.1) is 11.2 Å². The molecule has 1 aromatic rings. The number of hydrogen-bond acceptors (Lipinski definition) is 5. The fourth-order valence-corrected chi connectivity index (χ4v) is 3.31. The van der Waals surface area contributed by atoms with Gasteiger partial charge in [-0.15, -0.1) is 12.4 Å². The summed E-state index contributed by atoms with van der Waals surface area (Å²) in [5.41, 5.74) is -1.65. The summed E-state index contributed by atoms with van der Waals surface area (Å²) in [5.74, 6) is -1.63.